The van der Waals surface area contributed by atoms with Gasteiger partial charge >= 0.3 is 0 Å². The van der Waals surface area contributed by atoms with Crippen LogP contribution in [0.25, 0.3) is 0 Å². The van der Waals surface area contributed by atoms with E-state index in [9.17, 15) is 0 Å². The Morgan fingerprint density at radius 2 is 1.33 bits per heavy atom. The number of aliphatic hydroxyl groups is 2. The highest BCUT2D eigenvalue weighted by molar-refractivity contribution is 4.85. The van der Waals surface area contributed by atoms with Crippen LogP contribution in [0.4, 0.5) is 0 Å². The molecule has 0 aromatic rings. The Bertz CT molecular complexity index is 92.5. The average molecular weight is 132 g/mol. The van der Waals surface area contributed by atoms with Gasteiger partial charge in [-0.3, -0.25) is 0 Å². The molecule has 1 aliphatic heterocycles. The lowest BCUT2D eigenvalue weighted by Crippen LogP contribution is -2.30. The van der Waals surface area contributed by atoms with Crippen LogP contribution in [0.2, 0.25) is 0 Å². The van der Waals surface area contributed by atoms with Gasteiger partial charge in [-0.1, -0.05) is 0 Å². The van der Waals surface area contributed by atoms with Gasteiger partial charge in [0.2, 0.25) is 0 Å². The Kier molecular flexibility index (Phi) is 1.75. The van der Waals surface area contributed by atoms with Crippen LogP contribution >= 0.6 is 0 Å². The van der Waals surface area contributed by atoms with Crippen LogP contribution in [0, 0.1) is 0 Å². The van der Waals surface area contributed by atoms with E-state index >= 15 is 0 Å². The molecule has 1 rings (SSSR count). The van der Waals surface area contributed by atoms with Crippen LogP contribution in [-0.2, 0) is 4.74 Å². The maximum absolute atomic E-state index is 9.06. The molecule has 0 aliphatic carbocycles. The highest BCUT2D eigenvalue weighted by atomic mass is 16.5. The topological polar surface area (TPSA) is 49.7 Å². The number of ether oxygens (including phenoxy) is 1. The van der Waals surface area contributed by atoms with Crippen LogP contribution in [0.1, 0.15) is 13.8 Å². The van der Waals surface area contributed by atoms with Crippen molar-refractivity contribution in [2.45, 2.75) is 38.3 Å². The zero-order valence-electron chi connectivity index (χ0n) is 5.61. The molecule has 0 saturated carbocycles. The molecule has 0 aromatic carbocycles. The summed E-state index contributed by atoms with van der Waals surface area (Å²) >= 11 is 0. The average Bonchev–Trinajstić information content (AvgIpc) is 1.98. The highest BCUT2D eigenvalue weighted by Gasteiger charge is 2.36. The van der Waals surface area contributed by atoms with E-state index in [-0.39, 0.29) is 12.2 Å². The van der Waals surface area contributed by atoms with E-state index in [1.165, 1.54) is 0 Å². The Labute approximate surface area is 54.3 Å². The third kappa shape index (κ3) is 1.08. The zero-order valence-corrected chi connectivity index (χ0v) is 5.61. The van der Waals surface area contributed by atoms with E-state index in [1.807, 2.05) is 0 Å². The van der Waals surface area contributed by atoms with Gasteiger partial charge in [-0.15, -0.1) is 0 Å². The first kappa shape index (κ1) is 6.99. The summed E-state index contributed by atoms with van der Waals surface area (Å²) in [5.41, 5.74) is 0. The Morgan fingerprint density at radius 1 is 1.00 bits per heavy atom. The number of hydrogen-bond donors (Lipinski definition) is 2. The molecule has 0 amide bonds. The molecule has 0 radical (unpaired) electrons. The van der Waals surface area contributed by atoms with Crippen molar-refractivity contribution in [3.05, 3.63) is 0 Å². The number of aliphatic hydroxyl groups excluding tert-OH is 2. The quantitative estimate of drug-likeness (QED) is 0.468. The summed E-state index contributed by atoms with van der Waals surface area (Å²) in [5.74, 6) is 0. The van der Waals surface area contributed by atoms with Gasteiger partial charge in [0.25, 0.3) is 0 Å². The smallest absolute Gasteiger partial charge is 0.108 e. The summed E-state index contributed by atoms with van der Waals surface area (Å²) in [6.07, 6.45) is -1.87. The van der Waals surface area contributed by atoms with E-state index in [1.54, 1.807) is 13.8 Å². The lowest BCUT2D eigenvalue weighted by atomic mass is 10.1. The van der Waals surface area contributed by atoms with Gasteiger partial charge in [-0.05, 0) is 13.8 Å². The monoisotopic (exact) mass is 132 g/mol. The predicted molar refractivity (Wildman–Crippen MR) is 32.0 cm³/mol. The third-order valence-corrected chi connectivity index (χ3v) is 1.74. The predicted octanol–water partition coefficient (Wildman–Crippen LogP) is -0.485. The summed E-state index contributed by atoms with van der Waals surface area (Å²) in [5, 5.41) is 18.1. The lowest BCUT2D eigenvalue weighted by Gasteiger charge is -2.08. The van der Waals surface area contributed by atoms with Crippen molar-refractivity contribution in [1.29, 1.82) is 0 Å². The molecule has 2 N–H and O–H groups in total. The van der Waals surface area contributed by atoms with Crippen LogP contribution in [0.5, 0.6) is 0 Å². The van der Waals surface area contributed by atoms with Crippen LogP contribution in [0.3, 0.4) is 0 Å². The van der Waals surface area contributed by atoms with E-state index in [2.05, 4.69) is 0 Å². The maximum Gasteiger partial charge on any atom is 0.108 e. The fraction of sp³-hybridized carbons (Fsp3) is 1.00. The van der Waals surface area contributed by atoms with Crippen molar-refractivity contribution >= 4 is 0 Å². The van der Waals surface area contributed by atoms with Crippen molar-refractivity contribution in [2.75, 3.05) is 0 Å². The lowest BCUT2D eigenvalue weighted by molar-refractivity contribution is 0.0281. The Hall–Kier alpha value is -0.120. The molecule has 0 aromatic heterocycles. The summed E-state index contributed by atoms with van der Waals surface area (Å²) in [6.45, 7) is 3.49. The van der Waals surface area contributed by atoms with Gasteiger partial charge in [0.1, 0.15) is 12.2 Å². The van der Waals surface area contributed by atoms with E-state index < -0.39 is 12.2 Å². The summed E-state index contributed by atoms with van der Waals surface area (Å²) in [4.78, 5) is 0. The van der Waals surface area contributed by atoms with Gasteiger partial charge in [-0.2, -0.15) is 0 Å². The van der Waals surface area contributed by atoms with Crippen molar-refractivity contribution in [3.8, 4) is 0 Å². The molecule has 1 fully saturated rings. The van der Waals surface area contributed by atoms with E-state index in [4.69, 9.17) is 14.9 Å². The normalized spacial score (nSPS) is 52.0. The zero-order chi connectivity index (χ0) is 7.02. The third-order valence-electron chi connectivity index (χ3n) is 1.74. The van der Waals surface area contributed by atoms with E-state index in [0.717, 1.165) is 0 Å². The summed E-state index contributed by atoms with van der Waals surface area (Å²) in [7, 11) is 0. The molecular weight excluding hydrogens is 120 g/mol. The molecular formula is C6H12O3. The molecule has 1 heterocycles. The minimum absolute atomic E-state index is 0.227. The van der Waals surface area contributed by atoms with Crippen LogP contribution in [-0.4, -0.2) is 34.6 Å². The Morgan fingerprint density at radius 3 is 1.44 bits per heavy atom. The van der Waals surface area contributed by atoms with Crippen molar-refractivity contribution in [2.24, 2.45) is 0 Å². The number of hydrogen-bond acceptors (Lipinski definition) is 3. The van der Waals surface area contributed by atoms with E-state index in [0.29, 0.717) is 0 Å². The fourth-order valence-corrected chi connectivity index (χ4v) is 1.05. The summed E-state index contributed by atoms with van der Waals surface area (Å²) in [6, 6.07) is 0. The molecule has 1 saturated heterocycles. The van der Waals surface area contributed by atoms with Gasteiger partial charge in [0.15, 0.2) is 0 Å². The second kappa shape index (κ2) is 2.25. The van der Waals surface area contributed by atoms with Gasteiger partial charge in [0, 0.05) is 0 Å². The van der Waals surface area contributed by atoms with Gasteiger partial charge < -0.3 is 14.9 Å². The molecule has 3 heteroatoms. The second-order valence-electron chi connectivity index (χ2n) is 2.53. The van der Waals surface area contributed by atoms with Gasteiger partial charge in [0.05, 0.1) is 12.2 Å². The summed E-state index contributed by atoms with van der Waals surface area (Å²) < 4.78 is 5.09. The fourth-order valence-electron chi connectivity index (χ4n) is 1.05. The largest absolute Gasteiger partial charge is 0.388 e. The molecule has 0 spiro atoms. The second-order valence-corrected chi connectivity index (χ2v) is 2.53. The highest BCUT2D eigenvalue weighted by Crippen LogP contribution is 2.19. The first-order chi connectivity index (χ1) is 4.13. The molecule has 1 aliphatic rings. The van der Waals surface area contributed by atoms with Crippen molar-refractivity contribution in [1.82, 2.24) is 0 Å². The maximum atomic E-state index is 9.06. The molecule has 1 unspecified atom stereocenters. The standard InChI is InChI=1S/C6H12O3/c1-3-5(7)6(8)4(2)9-3/h3-8H,1-2H3/t3-,4?,5+,6+/m0/s1. The first-order valence-electron chi connectivity index (χ1n) is 3.14. The molecule has 54 valence electrons. The molecule has 0 bridgehead atoms. The van der Waals surface area contributed by atoms with Crippen molar-refractivity contribution < 1.29 is 14.9 Å². The molecule has 3 nitrogen and oxygen atoms in total. The van der Waals surface area contributed by atoms with Crippen molar-refractivity contribution in [3.63, 3.8) is 0 Å². The number of rotatable bonds is 0. The Balaban J connectivity index is 2.54. The van der Waals surface area contributed by atoms with Crippen LogP contribution < -0.4 is 0 Å². The van der Waals surface area contributed by atoms with Crippen LogP contribution in [0.15, 0.2) is 0 Å². The first-order valence-corrected chi connectivity index (χ1v) is 3.14. The SMILES string of the molecule is CC1O[C@@H](C)[C@@H](O)[C@@H]1O. The molecule has 4 atom stereocenters. The minimum atomic E-state index is -0.708. The van der Waals surface area contributed by atoms with Gasteiger partial charge in [-0.25, -0.2) is 0 Å². The molecule has 9 heavy (non-hydrogen) atoms. The minimum Gasteiger partial charge on any atom is -0.388 e.